The molecular weight excluding hydrogens is 244 g/mol. The summed E-state index contributed by atoms with van der Waals surface area (Å²) in [5.41, 5.74) is 6.89. The van der Waals surface area contributed by atoms with Gasteiger partial charge in [-0.15, -0.1) is 0 Å². The van der Waals surface area contributed by atoms with E-state index in [0.29, 0.717) is 10.9 Å². The van der Waals surface area contributed by atoms with Crippen molar-refractivity contribution in [3.63, 3.8) is 0 Å². The molecule has 0 aromatic heterocycles. The average Bonchev–Trinajstić information content (AvgIpc) is 2.28. The minimum Gasteiger partial charge on any atom is -0.508 e. The standard InChI is InChI=1S/C14H20N2OS/c1-10-4-3-7-16(9-10)13(14(15)18)11-5-2-6-12(17)8-11/h2,5-6,8,10,13,17H,3-4,7,9H2,1H3,(H2,15,18). The van der Waals surface area contributed by atoms with Crippen LogP contribution in [0.2, 0.25) is 0 Å². The summed E-state index contributed by atoms with van der Waals surface area (Å²) in [6, 6.07) is 7.17. The van der Waals surface area contributed by atoms with Gasteiger partial charge in [0.1, 0.15) is 5.75 Å². The molecule has 98 valence electrons. The molecule has 1 aromatic carbocycles. The van der Waals surface area contributed by atoms with Gasteiger partial charge < -0.3 is 10.8 Å². The fraction of sp³-hybridized carbons (Fsp3) is 0.500. The number of likely N-dealkylation sites (tertiary alicyclic amines) is 1. The van der Waals surface area contributed by atoms with Crippen molar-refractivity contribution in [2.24, 2.45) is 11.7 Å². The molecule has 1 aliphatic heterocycles. The van der Waals surface area contributed by atoms with E-state index in [1.165, 1.54) is 12.8 Å². The van der Waals surface area contributed by atoms with Gasteiger partial charge in [-0.2, -0.15) is 0 Å². The quantitative estimate of drug-likeness (QED) is 0.823. The number of phenolic OH excluding ortho intramolecular Hbond substituents is 1. The SMILES string of the molecule is CC1CCCN(C(C(N)=S)c2cccc(O)c2)C1. The Morgan fingerprint density at radius 3 is 2.94 bits per heavy atom. The van der Waals surface area contributed by atoms with Crippen molar-refractivity contribution in [3.8, 4) is 5.75 Å². The van der Waals surface area contributed by atoms with Crippen LogP contribution in [-0.2, 0) is 0 Å². The van der Waals surface area contributed by atoms with Gasteiger partial charge in [0.25, 0.3) is 0 Å². The summed E-state index contributed by atoms with van der Waals surface area (Å²) in [5.74, 6) is 0.937. The molecule has 3 nitrogen and oxygen atoms in total. The summed E-state index contributed by atoms with van der Waals surface area (Å²) < 4.78 is 0. The molecule has 0 bridgehead atoms. The Hall–Kier alpha value is -1.13. The molecular formula is C14H20N2OS. The first kappa shape index (κ1) is 13.3. The number of benzene rings is 1. The van der Waals surface area contributed by atoms with Crippen molar-refractivity contribution in [2.45, 2.75) is 25.8 Å². The Kier molecular flexibility index (Phi) is 4.19. The van der Waals surface area contributed by atoms with E-state index >= 15 is 0 Å². The third-order valence-electron chi connectivity index (χ3n) is 3.51. The zero-order valence-corrected chi connectivity index (χ0v) is 11.5. The van der Waals surface area contributed by atoms with Gasteiger partial charge in [0.2, 0.25) is 0 Å². The van der Waals surface area contributed by atoms with Gasteiger partial charge in [0, 0.05) is 6.54 Å². The number of rotatable bonds is 3. The molecule has 0 radical (unpaired) electrons. The maximum Gasteiger partial charge on any atom is 0.115 e. The van der Waals surface area contributed by atoms with Crippen LogP contribution < -0.4 is 5.73 Å². The van der Waals surface area contributed by atoms with E-state index in [1.54, 1.807) is 12.1 Å². The van der Waals surface area contributed by atoms with E-state index < -0.39 is 0 Å². The number of hydrogen-bond acceptors (Lipinski definition) is 3. The Balaban J connectivity index is 2.25. The lowest BCUT2D eigenvalue weighted by atomic mass is 9.96. The van der Waals surface area contributed by atoms with Gasteiger partial charge in [-0.1, -0.05) is 31.3 Å². The second kappa shape index (κ2) is 5.67. The molecule has 1 aliphatic rings. The predicted molar refractivity (Wildman–Crippen MR) is 77.6 cm³/mol. The minimum absolute atomic E-state index is 0.0603. The average molecular weight is 264 g/mol. The zero-order valence-electron chi connectivity index (χ0n) is 10.7. The van der Waals surface area contributed by atoms with E-state index in [4.69, 9.17) is 18.0 Å². The number of hydrogen-bond donors (Lipinski definition) is 2. The molecule has 1 aromatic rings. The lowest BCUT2D eigenvalue weighted by Crippen LogP contribution is -2.42. The van der Waals surface area contributed by atoms with Gasteiger partial charge in [-0.3, -0.25) is 4.90 Å². The summed E-state index contributed by atoms with van der Waals surface area (Å²) in [6.07, 6.45) is 2.44. The van der Waals surface area contributed by atoms with E-state index in [2.05, 4.69) is 11.8 Å². The van der Waals surface area contributed by atoms with Crippen LogP contribution in [0.3, 0.4) is 0 Å². The highest BCUT2D eigenvalue weighted by atomic mass is 32.1. The maximum atomic E-state index is 9.59. The van der Waals surface area contributed by atoms with Crippen LogP contribution in [0.15, 0.2) is 24.3 Å². The Morgan fingerprint density at radius 2 is 2.33 bits per heavy atom. The Labute approximate surface area is 114 Å². The van der Waals surface area contributed by atoms with Crippen LogP contribution >= 0.6 is 12.2 Å². The van der Waals surface area contributed by atoms with Gasteiger partial charge in [0.05, 0.1) is 11.0 Å². The highest BCUT2D eigenvalue weighted by Crippen LogP contribution is 2.28. The summed E-state index contributed by atoms with van der Waals surface area (Å²) in [7, 11) is 0. The monoisotopic (exact) mass is 264 g/mol. The van der Waals surface area contributed by atoms with Crippen molar-refractivity contribution >= 4 is 17.2 Å². The van der Waals surface area contributed by atoms with E-state index in [1.807, 2.05) is 12.1 Å². The molecule has 3 N–H and O–H groups in total. The van der Waals surface area contributed by atoms with Crippen LogP contribution in [0.4, 0.5) is 0 Å². The Morgan fingerprint density at radius 1 is 1.56 bits per heavy atom. The molecule has 2 rings (SSSR count). The van der Waals surface area contributed by atoms with E-state index in [9.17, 15) is 5.11 Å². The lowest BCUT2D eigenvalue weighted by molar-refractivity contribution is 0.162. The first-order chi connectivity index (χ1) is 8.58. The molecule has 18 heavy (non-hydrogen) atoms. The zero-order chi connectivity index (χ0) is 13.1. The smallest absolute Gasteiger partial charge is 0.115 e. The highest BCUT2D eigenvalue weighted by molar-refractivity contribution is 7.80. The molecule has 1 heterocycles. The van der Waals surface area contributed by atoms with Crippen LogP contribution in [0.5, 0.6) is 5.75 Å². The molecule has 0 spiro atoms. The number of thiocarbonyl (C=S) groups is 1. The van der Waals surface area contributed by atoms with Crippen molar-refractivity contribution < 1.29 is 5.11 Å². The van der Waals surface area contributed by atoms with Crippen molar-refractivity contribution in [3.05, 3.63) is 29.8 Å². The van der Waals surface area contributed by atoms with E-state index in [0.717, 1.165) is 18.7 Å². The van der Waals surface area contributed by atoms with Crippen LogP contribution in [0.1, 0.15) is 31.4 Å². The Bertz CT molecular complexity index is 436. The molecule has 0 amide bonds. The maximum absolute atomic E-state index is 9.59. The summed E-state index contributed by atoms with van der Waals surface area (Å²) >= 11 is 5.22. The molecule has 2 atom stereocenters. The fourth-order valence-corrected chi connectivity index (χ4v) is 3.00. The van der Waals surface area contributed by atoms with Gasteiger partial charge in [-0.25, -0.2) is 0 Å². The fourth-order valence-electron chi connectivity index (χ4n) is 2.71. The number of phenols is 1. The summed E-state index contributed by atoms with van der Waals surface area (Å²) in [4.78, 5) is 2.81. The molecule has 0 saturated carbocycles. The second-order valence-electron chi connectivity index (χ2n) is 5.14. The van der Waals surface area contributed by atoms with Gasteiger partial charge in [0.15, 0.2) is 0 Å². The molecule has 2 unspecified atom stereocenters. The first-order valence-electron chi connectivity index (χ1n) is 6.40. The lowest BCUT2D eigenvalue weighted by Gasteiger charge is -2.37. The van der Waals surface area contributed by atoms with Crippen LogP contribution in [0.25, 0.3) is 0 Å². The third kappa shape index (κ3) is 3.00. The van der Waals surface area contributed by atoms with Crippen LogP contribution in [0, 0.1) is 5.92 Å². The second-order valence-corrected chi connectivity index (χ2v) is 5.61. The van der Waals surface area contributed by atoms with Crippen molar-refractivity contribution in [1.29, 1.82) is 0 Å². The number of piperidine rings is 1. The first-order valence-corrected chi connectivity index (χ1v) is 6.81. The molecule has 0 aliphatic carbocycles. The largest absolute Gasteiger partial charge is 0.508 e. The molecule has 1 saturated heterocycles. The highest BCUT2D eigenvalue weighted by Gasteiger charge is 2.27. The van der Waals surface area contributed by atoms with E-state index in [-0.39, 0.29) is 11.8 Å². The van der Waals surface area contributed by atoms with Gasteiger partial charge >= 0.3 is 0 Å². The number of aromatic hydroxyl groups is 1. The topological polar surface area (TPSA) is 49.5 Å². The molecule has 1 fully saturated rings. The van der Waals surface area contributed by atoms with Gasteiger partial charge in [-0.05, 0) is 43.0 Å². The van der Waals surface area contributed by atoms with Crippen LogP contribution in [-0.4, -0.2) is 28.1 Å². The third-order valence-corrected chi connectivity index (χ3v) is 3.73. The number of nitrogens with two attached hydrogens (primary N) is 1. The van der Waals surface area contributed by atoms with Crippen molar-refractivity contribution in [2.75, 3.05) is 13.1 Å². The summed E-state index contributed by atoms with van der Waals surface area (Å²) in [5, 5.41) is 9.59. The predicted octanol–water partition coefficient (Wildman–Crippen LogP) is 2.45. The molecule has 4 heteroatoms. The normalized spacial score (nSPS) is 22.6. The van der Waals surface area contributed by atoms with Crippen molar-refractivity contribution in [1.82, 2.24) is 4.90 Å². The minimum atomic E-state index is -0.0603. The number of nitrogens with zero attached hydrogens (tertiary/aromatic N) is 1. The summed E-state index contributed by atoms with van der Waals surface area (Å²) in [6.45, 7) is 4.28.